The molecule has 1 rings (SSSR count). The average Bonchev–Trinajstić information content (AvgIpc) is 2.64. The summed E-state index contributed by atoms with van der Waals surface area (Å²) in [6.45, 7) is 1.75. The summed E-state index contributed by atoms with van der Waals surface area (Å²) in [7, 11) is 0. The predicted octanol–water partition coefficient (Wildman–Crippen LogP) is 0.316. The van der Waals surface area contributed by atoms with E-state index in [0.29, 0.717) is 6.42 Å². The second-order valence-corrected chi connectivity index (χ2v) is 5.74. The van der Waals surface area contributed by atoms with Crippen molar-refractivity contribution in [2.24, 2.45) is 0 Å². The fraction of sp³-hybridized carbons (Fsp3) is 0.700. The number of nitrogens with one attached hydrogen (secondary N) is 1. The van der Waals surface area contributed by atoms with Gasteiger partial charge in [-0.05, 0) is 25.5 Å². The Hall–Kier alpha value is -1.24. The molecule has 1 unspecified atom stereocenters. The van der Waals surface area contributed by atoms with Crippen LogP contribution in [0, 0.1) is 0 Å². The van der Waals surface area contributed by atoms with Crippen LogP contribution in [0.2, 0.25) is 0 Å². The largest absolute Gasteiger partial charge is 0.481 e. The lowest BCUT2D eigenvalue weighted by atomic mass is 10.0. The maximum absolute atomic E-state index is 11.9. The Bertz CT molecular complexity index is 338. The summed E-state index contributed by atoms with van der Waals surface area (Å²) in [6.07, 6.45) is 0.982. The number of carbonyl (C=O) groups excluding carboxylic acids is 1. The van der Waals surface area contributed by atoms with Crippen LogP contribution in [0.3, 0.4) is 0 Å². The molecule has 0 aromatic rings. The number of carboxylic acids is 2. The first kappa shape index (κ1) is 13.8. The molecule has 0 aromatic heterocycles. The monoisotopic (exact) mass is 261 g/mol. The van der Waals surface area contributed by atoms with Gasteiger partial charge in [0.05, 0.1) is 11.2 Å². The van der Waals surface area contributed by atoms with E-state index in [1.54, 1.807) is 6.92 Å². The van der Waals surface area contributed by atoms with E-state index in [-0.39, 0.29) is 0 Å². The number of carboxylic acid groups (broad SMARTS) is 2. The summed E-state index contributed by atoms with van der Waals surface area (Å²) >= 11 is 1.47. The Labute approximate surface area is 103 Å². The van der Waals surface area contributed by atoms with E-state index in [4.69, 9.17) is 10.2 Å². The van der Waals surface area contributed by atoms with Crippen molar-refractivity contribution >= 4 is 29.6 Å². The molecule has 1 fully saturated rings. The van der Waals surface area contributed by atoms with Crippen molar-refractivity contribution in [3.63, 3.8) is 0 Å². The van der Waals surface area contributed by atoms with E-state index >= 15 is 0 Å². The molecule has 1 heterocycles. The number of carbonyl (C=O) groups is 3. The van der Waals surface area contributed by atoms with Gasteiger partial charge in [0.1, 0.15) is 6.04 Å². The molecule has 1 amide bonds. The minimum absolute atomic E-state index is 0.395. The smallest absolute Gasteiger partial charge is 0.326 e. The van der Waals surface area contributed by atoms with Crippen LogP contribution < -0.4 is 5.32 Å². The normalized spacial score (nSPS) is 25.2. The molecule has 0 saturated carbocycles. The highest BCUT2D eigenvalue weighted by atomic mass is 32.2. The number of thioether (sulfide) groups is 1. The molecule has 2 atom stereocenters. The van der Waals surface area contributed by atoms with Gasteiger partial charge in [-0.1, -0.05) is 0 Å². The van der Waals surface area contributed by atoms with Crippen molar-refractivity contribution in [2.75, 3.05) is 5.75 Å². The molecule has 0 spiro atoms. The second kappa shape index (κ2) is 5.39. The zero-order valence-electron chi connectivity index (χ0n) is 9.43. The number of hydrogen-bond acceptors (Lipinski definition) is 4. The van der Waals surface area contributed by atoms with Crippen molar-refractivity contribution in [3.8, 4) is 0 Å². The van der Waals surface area contributed by atoms with E-state index < -0.39 is 35.1 Å². The van der Waals surface area contributed by atoms with Crippen molar-refractivity contribution in [3.05, 3.63) is 0 Å². The van der Waals surface area contributed by atoms with Crippen LogP contribution in [0.15, 0.2) is 0 Å². The van der Waals surface area contributed by atoms with Gasteiger partial charge in [-0.3, -0.25) is 9.59 Å². The Kier molecular flexibility index (Phi) is 4.39. The Morgan fingerprint density at radius 3 is 2.47 bits per heavy atom. The van der Waals surface area contributed by atoms with Crippen LogP contribution >= 0.6 is 11.8 Å². The van der Waals surface area contributed by atoms with E-state index in [1.165, 1.54) is 11.8 Å². The number of aliphatic carboxylic acids is 2. The van der Waals surface area contributed by atoms with Crippen LogP contribution in [-0.4, -0.2) is 44.6 Å². The third-order valence-electron chi connectivity index (χ3n) is 2.68. The molecule has 7 heteroatoms. The third-order valence-corrected chi connectivity index (χ3v) is 4.20. The maximum atomic E-state index is 11.9. The Morgan fingerprint density at radius 2 is 2.06 bits per heavy atom. The summed E-state index contributed by atoms with van der Waals surface area (Å²) in [6, 6.07) is -1.36. The lowest BCUT2D eigenvalue weighted by Gasteiger charge is -2.23. The zero-order chi connectivity index (χ0) is 13.1. The van der Waals surface area contributed by atoms with Crippen molar-refractivity contribution in [1.29, 1.82) is 0 Å². The van der Waals surface area contributed by atoms with E-state index in [9.17, 15) is 14.4 Å². The molecular weight excluding hydrogens is 246 g/mol. The first-order valence-electron chi connectivity index (χ1n) is 5.25. The number of hydrogen-bond donors (Lipinski definition) is 3. The highest BCUT2D eigenvalue weighted by Crippen LogP contribution is 2.37. The van der Waals surface area contributed by atoms with Crippen LogP contribution in [0.4, 0.5) is 0 Å². The average molecular weight is 261 g/mol. The SMILES string of the molecule is CC1(C(=O)N[C@@H](CC(=O)O)C(=O)O)CCCS1. The topological polar surface area (TPSA) is 104 Å². The van der Waals surface area contributed by atoms with Crippen LogP contribution in [0.25, 0.3) is 0 Å². The third kappa shape index (κ3) is 3.62. The van der Waals surface area contributed by atoms with E-state index in [1.807, 2.05) is 0 Å². The maximum Gasteiger partial charge on any atom is 0.326 e. The fourth-order valence-electron chi connectivity index (χ4n) is 1.64. The lowest BCUT2D eigenvalue weighted by Crippen LogP contribution is -2.49. The van der Waals surface area contributed by atoms with Crippen LogP contribution in [-0.2, 0) is 14.4 Å². The Balaban J connectivity index is 2.63. The van der Waals surface area contributed by atoms with Crippen molar-refractivity contribution in [1.82, 2.24) is 5.32 Å². The van der Waals surface area contributed by atoms with Gasteiger partial charge in [0.2, 0.25) is 5.91 Å². The first-order valence-corrected chi connectivity index (χ1v) is 6.23. The molecule has 0 radical (unpaired) electrons. The zero-order valence-corrected chi connectivity index (χ0v) is 10.2. The highest BCUT2D eigenvalue weighted by Gasteiger charge is 2.39. The van der Waals surface area contributed by atoms with Gasteiger partial charge < -0.3 is 15.5 Å². The van der Waals surface area contributed by atoms with Crippen molar-refractivity contribution in [2.45, 2.75) is 37.0 Å². The van der Waals surface area contributed by atoms with Gasteiger partial charge in [0.25, 0.3) is 0 Å². The van der Waals surface area contributed by atoms with E-state index in [2.05, 4.69) is 5.32 Å². The molecule has 1 aliphatic heterocycles. The molecule has 0 aliphatic carbocycles. The minimum atomic E-state index is -1.36. The molecular formula is C10H15NO5S. The molecule has 3 N–H and O–H groups in total. The summed E-state index contributed by atoms with van der Waals surface area (Å²) < 4.78 is -0.633. The molecule has 96 valence electrons. The quantitative estimate of drug-likeness (QED) is 0.658. The minimum Gasteiger partial charge on any atom is -0.481 e. The van der Waals surface area contributed by atoms with Crippen LogP contribution in [0.1, 0.15) is 26.2 Å². The Morgan fingerprint density at radius 1 is 1.41 bits per heavy atom. The molecule has 17 heavy (non-hydrogen) atoms. The molecule has 1 aliphatic rings. The van der Waals surface area contributed by atoms with Gasteiger partial charge in [-0.25, -0.2) is 4.79 Å². The van der Waals surface area contributed by atoms with Gasteiger partial charge in [-0.2, -0.15) is 0 Å². The second-order valence-electron chi connectivity index (χ2n) is 4.15. The van der Waals surface area contributed by atoms with Gasteiger partial charge in [-0.15, -0.1) is 11.8 Å². The molecule has 0 bridgehead atoms. The number of rotatable bonds is 5. The fourth-order valence-corrected chi connectivity index (χ4v) is 2.86. The van der Waals surface area contributed by atoms with Gasteiger partial charge >= 0.3 is 11.9 Å². The van der Waals surface area contributed by atoms with Gasteiger partial charge in [0, 0.05) is 0 Å². The molecule has 0 aromatic carbocycles. The summed E-state index contributed by atoms with van der Waals surface area (Å²) in [4.78, 5) is 33.2. The summed E-state index contributed by atoms with van der Waals surface area (Å²) in [5.74, 6) is -2.11. The van der Waals surface area contributed by atoms with Crippen molar-refractivity contribution < 1.29 is 24.6 Å². The first-order chi connectivity index (χ1) is 7.85. The number of amides is 1. The summed E-state index contributed by atoms with van der Waals surface area (Å²) in [5.41, 5.74) is 0. The molecule has 1 saturated heterocycles. The highest BCUT2D eigenvalue weighted by molar-refractivity contribution is 8.01. The van der Waals surface area contributed by atoms with Gasteiger partial charge in [0.15, 0.2) is 0 Å². The summed E-state index contributed by atoms with van der Waals surface area (Å²) in [5, 5.41) is 19.7. The predicted molar refractivity (Wildman–Crippen MR) is 61.9 cm³/mol. The standard InChI is InChI=1S/C10H15NO5S/c1-10(3-2-4-17-10)9(16)11-6(8(14)15)5-7(12)13/h6H,2-5H2,1H3,(H,11,16)(H,12,13)(H,14,15)/t6-,10?/m0/s1. The molecule has 6 nitrogen and oxygen atoms in total. The van der Waals surface area contributed by atoms with E-state index in [0.717, 1.165) is 12.2 Å². The lowest BCUT2D eigenvalue weighted by molar-refractivity contribution is -0.147. The van der Waals surface area contributed by atoms with Crippen LogP contribution in [0.5, 0.6) is 0 Å².